The first-order valence-electron chi connectivity index (χ1n) is 6.28. The highest BCUT2D eigenvalue weighted by Crippen LogP contribution is 2.41. The Kier molecular flexibility index (Phi) is 2.75. The van der Waals surface area contributed by atoms with Crippen molar-refractivity contribution in [3.05, 3.63) is 0 Å². The molecule has 0 radical (unpaired) electrons. The van der Waals surface area contributed by atoms with Crippen molar-refractivity contribution in [2.24, 2.45) is 0 Å². The Morgan fingerprint density at radius 1 is 0.889 bits per heavy atom. The number of rotatable bonds is 1. The second-order valence-corrected chi connectivity index (χ2v) is 5.92. The molecule has 0 aromatic rings. The minimum Gasteiger partial charge on any atom is -0.366 e. The van der Waals surface area contributed by atoms with Crippen LogP contribution in [0, 0.1) is 0 Å². The van der Waals surface area contributed by atoms with Crippen LogP contribution in [0.25, 0.3) is 0 Å². The van der Waals surface area contributed by atoms with Gasteiger partial charge in [-0.3, -0.25) is 0 Å². The third kappa shape index (κ3) is 2.07. The van der Waals surface area contributed by atoms with Gasteiger partial charge in [0.2, 0.25) is 0 Å². The fourth-order valence-electron chi connectivity index (χ4n) is 2.78. The molecular formula is C12H20O6. The van der Waals surface area contributed by atoms with E-state index in [4.69, 9.17) is 23.7 Å². The van der Waals surface area contributed by atoms with Crippen molar-refractivity contribution >= 4 is 0 Å². The maximum absolute atomic E-state index is 9.87. The van der Waals surface area contributed by atoms with E-state index in [9.17, 15) is 5.11 Å². The van der Waals surface area contributed by atoms with Crippen LogP contribution in [0.15, 0.2) is 0 Å². The lowest BCUT2D eigenvalue weighted by atomic mass is 10.1. The standard InChI is InChI=1S/C12H20O6/c1-11(2)14-5-6(16-11)7-8-9(10(13)15-7)18-12(3,4)17-8/h6-10,13H,5H2,1-4H3/t6-,7-,8+,9+,10?/m0/s1. The summed E-state index contributed by atoms with van der Waals surface area (Å²) >= 11 is 0. The largest absolute Gasteiger partial charge is 0.366 e. The van der Waals surface area contributed by atoms with E-state index in [-0.39, 0.29) is 18.3 Å². The van der Waals surface area contributed by atoms with Gasteiger partial charge >= 0.3 is 0 Å². The highest BCUT2D eigenvalue weighted by atomic mass is 16.8. The van der Waals surface area contributed by atoms with Crippen LogP contribution >= 0.6 is 0 Å². The fraction of sp³-hybridized carbons (Fsp3) is 1.00. The van der Waals surface area contributed by atoms with Crippen LogP contribution in [0.3, 0.4) is 0 Å². The van der Waals surface area contributed by atoms with Crippen molar-refractivity contribution in [1.29, 1.82) is 0 Å². The predicted molar refractivity (Wildman–Crippen MR) is 59.6 cm³/mol. The monoisotopic (exact) mass is 260 g/mol. The predicted octanol–water partition coefficient (Wildman–Crippen LogP) is 0.375. The molecule has 0 amide bonds. The van der Waals surface area contributed by atoms with Gasteiger partial charge in [0.25, 0.3) is 0 Å². The van der Waals surface area contributed by atoms with E-state index >= 15 is 0 Å². The highest BCUT2D eigenvalue weighted by Gasteiger charge is 2.58. The van der Waals surface area contributed by atoms with Crippen LogP contribution in [0.5, 0.6) is 0 Å². The Balaban J connectivity index is 1.75. The van der Waals surface area contributed by atoms with E-state index in [1.54, 1.807) is 0 Å². The molecule has 6 heteroatoms. The Morgan fingerprint density at radius 2 is 1.56 bits per heavy atom. The second-order valence-electron chi connectivity index (χ2n) is 5.92. The van der Waals surface area contributed by atoms with E-state index in [1.165, 1.54) is 0 Å². The minimum atomic E-state index is -0.978. The summed E-state index contributed by atoms with van der Waals surface area (Å²) in [4.78, 5) is 0. The highest BCUT2D eigenvalue weighted by molar-refractivity contribution is 4.99. The maximum atomic E-state index is 9.87. The SMILES string of the molecule is CC1(C)OC[C@@H]([C@@H]2OC(O)[C@@H]3OC(C)(C)O[C@H]23)O1. The molecule has 3 rings (SSSR count). The molecule has 18 heavy (non-hydrogen) atoms. The van der Waals surface area contributed by atoms with E-state index in [1.807, 2.05) is 27.7 Å². The Morgan fingerprint density at radius 3 is 2.17 bits per heavy atom. The van der Waals surface area contributed by atoms with E-state index < -0.39 is 24.0 Å². The molecule has 3 saturated heterocycles. The van der Waals surface area contributed by atoms with Gasteiger partial charge in [0.1, 0.15) is 24.4 Å². The van der Waals surface area contributed by atoms with Gasteiger partial charge in [-0.05, 0) is 27.7 Å². The molecule has 0 aromatic carbocycles. The normalized spacial score (nSPS) is 49.5. The number of hydrogen-bond donors (Lipinski definition) is 1. The summed E-state index contributed by atoms with van der Waals surface area (Å²) in [7, 11) is 0. The molecule has 1 N–H and O–H groups in total. The van der Waals surface area contributed by atoms with Crippen molar-refractivity contribution in [3.63, 3.8) is 0 Å². The summed E-state index contributed by atoms with van der Waals surface area (Å²) in [5, 5.41) is 9.87. The topological polar surface area (TPSA) is 66.4 Å². The summed E-state index contributed by atoms with van der Waals surface area (Å²) < 4.78 is 28.2. The Labute approximate surface area is 106 Å². The number of aliphatic hydroxyl groups excluding tert-OH is 1. The van der Waals surface area contributed by atoms with Crippen molar-refractivity contribution in [2.75, 3.05) is 6.61 Å². The molecule has 3 heterocycles. The summed E-state index contributed by atoms with van der Waals surface area (Å²) in [6.07, 6.45) is -2.38. The summed E-state index contributed by atoms with van der Waals surface area (Å²) in [6, 6.07) is 0. The van der Waals surface area contributed by atoms with Crippen LogP contribution in [0.2, 0.25) is 0 Å². The zero-order valence-corrected chi connectivity index (χ0v) is 11.1. The Hall–Kier alpha value is -0.240. The zero-order chi connectivity index (χ0) is 13.1. The molecule has 0 aliphatic carbocycles. The Bertz CT molecular complexity index is 341. The first-order chi connectivity index (χ1) is 8.27. The summed E-state index contributed by atoms with van der Waals surface area (Å²) in [5.74, 6) is -1.32. The fourth-order valence-corrected chi connectivity index (χ4v) is 2.78. The summed E-state index contributed by atoms with van der Waals surface area (Å²) in [5.41, 5.74) is 0. The quantitative estimate of drug-likeness (QED) is 0.735. The van der Waals surface area contributed by atoms with Gasteiger partial charge in [0.15, 0.2) is 17.9 Å². The van der Waals surface area contributed by atoms with Crippen LogP contribution in [0.4, 0.5) is 0 Å². The van der Waals surface area contributed by atoms with Gasteiger partial charge in [-0.1, -0.05) is 0 Å². The van der Waals surface area contributed by atoms with Gasteiger partial charge in [-0.15, -0.1) is 0 Å². The number of aliphatic hydroxyl groups is 1. The van der Waals surface area contributed by atoms with Crippen LogP contribution < -0.4 is 0 Å². The smallest absolute Gasteiger partial charge is 0.184 e. The van der Waals surface area contributed by atoms with Gasteiger partial charge in [0.05, 0.1) is 6.61 Å². The molecular weight excluding hydrogens is 240 g/mol. The van der Waals surface area contributed by atoms with Gasteiger partial charge in [-0.25, -0.2) is 0 Å². The molecule has 3 aliphatic heterocycles. The third-order valence-corrected chi connectivity index (χ3v) is 3.46. The molecule has 3 aliphatic rings. The van der Waals surface area contributed by atoms with Crippen molar-refractivity contribution < 1.29 is 28.8 Å². The van der Waals surface area contributed by atoms with Crippen LogP contribution in [-0.2, 0) is 23.7 Å². The minimum absolute atomic E-state index is 0.248. The molecule has 104 valence electrons. The lowest BCUT2D eigenvalue weighted by molar-refractivity contribution is -0.236. The molecule has 0 spiro atoms. The lowest BCUT2D eigenvalue weighted by Crippen LogP contribution is -2.40. The third-order valence-electron chi connectivity index (χ3n) is 3.46. The molecule has 0 bridgehead atoms. The second kappa shape index (κ2) is 3.88. The number of fused-ring (bicyclic) bond motifs is 1. The zero-order valence-electron chi connectivity index (χ0n) is 11.1. The number of hydrogen-bond acceptors (Lipinski definition) is 6. The average molecular weight is 260 g/mol. The molecule has 5 atom stereocenters. The molecule has 0 saturated carbocycles. The maximum Gasteiger partial charge on any atom is 0.184 e. The van der Waals surface area contributed by atoms with Gasteiger partial charge in [-0.2, -0.15) is 0 Å². The van der Waals surface area contributed by atoms with Gasteiger partial charge in [0, 0.05) is 0 Å². The van der Waals surface area contributed by atoms with E-state index in [0.717, 1.165) is 0 Å². The summed E-state index contributed by atoms with van der Waals surface area (Å²) in [6.45, 7) is 7.78. The number of ether oxygens (including phenoxy) is 5. The van der Waals surface area contributed by atoms with E-state index in [2.05, 4.69) is 0 Å². The van der Waals surface area contributed by atoms with Crippen LogP contribution in [0.1, 0.15) is 27.7 Å². The van der Waals surface area contributed by atoms with Crippen molar-refractivity contribution in [2.45, 2.75) is 70.0 Å². The molecule has 1 unspecified atom stereocenters. The van der Waals surface area contributed by atoms with Crippen LogP contribution in [-0.4, -0.2) is 54.0 Å². The first kappa shape index (κ1) is 12.8. The molecule has 0 aromatic heterocycles. The first-order valence-corrected chi connectivity index (χ1v) is 6.28. The van der Waals surface area contributed by atoms with Crippen molar-refractivity contribution in [3.8, 4) is 0 Å². The molecule has 6 nitrogen and oxygen atoms in total. The lowest BCUT2D eigenvalue weighted by Gasteiger charge is -2.26. The van der Waals surface area contributed by atoms with Crippen molar-refractivity contribution in [1.82, 2.24) is 0 Å². The van der Waals surface area contributed by atoms with E-state index in [0.29, 0.717) is 6.61 Å². The molecule has 3 fully saturated rings. The average Bonchev–Trinajstić information content (AvgIpc) is 2.81. The van der Waals surface area contributed by atoms with Gasteiger partial charge < -0.3 is 28.8 Å².